The summed E-state index contributed by atoms with van der Waals surface area (Å²) in [6, 6.07) is 3.45. The van der Waals surface area contributed by atoms with E-state index in [0.717, 1.165) is 15.7 Å². The molecule has 9 heteroatoms. The lowest BCUT2D eigenvalue weighted by molar-refractivity contribution is -0.137. The van der Waals surface area contributed by atoms with Crippen LogP contribution in [0.1, 0.15) is 11.1 Å². The molecule has 1 aromatic heterocycles. The lowest BCUT2D eigenvalue weighted by Gasteiger charge is -2.13. The highest BCUT2D eigenvalue weighted by Gasteiger charge is 2.34. The van der Waals surface area contributed by atoms with E-state index >= 15 is 0 Å². The number of amidine groups is 1. The van der Waals surface area contributed by atoms with Crippen molar-refractivity contribution in [2.45, 2.75) is 6.18 Å². The second kappa shape index (κ2) is 5.31. The molecule has 106 valence electrons. The van der Waals surface area contributed by atoms with Gasteiger partial charge in [0, 0.05) is 11.8 Å². The molecule has 0 saturated carbocycles. The summed E-state index contributed by atoms with van der Waals surface area (Å²) in [7, 11) is 0. The van der Waals surface area contributed by atoms with Gasteiger partial charge in [0.2, 0.25) is 0 Å². The van der Waals surface area contributed by atoms with Crippen LogP contribution < -0.4 is 5.73 Å². The predicted octanol–water partition coefficient (Wildman–Crippen LogP) is 2.59. The van der Waals surface area contributed by atoms with Gasteiger partial charge in [-0.05, 0) is 40.8 Å². The van der Waals surface area contributed by atoms with E-state index in [-0.39, 0.29) is 11.3 Å². The fourth-order valence-electron chi connectivity index (χ4n) is 1.63. The summed E-state index contributed by atoms with van der Waals surface area (Å²) in [6.45, 7) is 0. The van der Waals surface area contributed by atoms with Crippen molar-refractivity contribution in [2.24, 2.45) is 10.9 Å². The van der Waals surface area contributed by atoms with Gasteiger partial charge in [-0.1, -0.05) is 5.16 Å². The van der Waals surface area contributed by atoms with Crippen molar-refractivity contribution in [1.29, 1.82) is 0 Å². The van der Waals surface area contributed by atoms with Crippen LogP contribution in [0.15, 0.2) is 35.7 Å². The zero-order valence-corrected chi connectivity index (χ0v) is 11.9. The number of hydrogen-bond donors (Lipinski definition) is 2. The fourth-order valence-corrected chi connectivity index (χ4v) is 2.02. The predicted molar refractivity (Wildman–Crippen MR) is 73.8 cm³/mol. The number of nitrogens with two attached hydrogens (primary N) is 1. The number of halogens is 4. The maximum atomic E-state index is 13.0. The van der Waals surface area contributed by atoms with E-state index in [1.54, 1.807) is 6.20 Å². The molecule has 0 saturated heterocycles. The number of rotatable bonds is 2. The van der Waals surface area contributed by atoms with Crippen LogP contribution in [0.5, 0.6) is 0 Å². The van der Waals surface area contributed by atoms with E-state index in [0.29, 0.717) is 0 Å². The molecule has 0 fully saturated rings. The Morgan fingerprint density at radius 1 is 1.40 bits per heavy atom. The second-order valence-electron chi connectivity index (χ2n) is 3.82. The number of oxime groups is 1. The molecule has 0 unspecified atom stereocenters. The number of benzene rings is 1. The monoisotopic (exact) mass is 396 g/mol. The van der Waals surface area contributed by atoms with E-state index in [1.165, 1.54) is 16.9 Å². The van der Waals surface area contributed by atoms with Gasteiger partial charge in [-0.2, -0.15) is 18.3 Å². The minimum absolute atomic E-state index is 0.231. The topological polar surface area (TPSA) is 76.4 Å². The quantitative estimate of drug-likeness (QED) is 0.270. The first-order chi connectivity index (χ1) is 9.32. The summed E-state index contributed by atoms with van der Waals surface area (Å²) < 4.78 is 41.2. The molecule has 0 aliphatic heterocycles. The highest BCUT2D eigenvalue weighted by atomic mass is 127. The Morgan fingerprint density at radius 2 is 2.10 bits per heavy atom. The summed E-state index contributed by atoms with van der Waals surface area (Å²) in [5.41, 5.74) is 4.12. The number of alkyl halides is 3. The lowest BCUT2D eigenvalue weighted by Crippen LogP contribution is -2.20. The molecule has 3 N–H and O–H groups in total. The highest BCUT2D eigenvalue weighted by molar-refractivity contribution is 14.1. The second-order valence-corrected chi connectivity index (χ2v) is 5.06. The molecule has 5 nitrogen and oxygen atoms in total. The standard InChI is InChI=1S/C11H8F3IN4O/c12-11(13,14)9-3-7(19-5-6(15)4-17-19)1-2-8(9)10(16)18-20/h1-5,20H,(H2,16,18). The number of hydrogen-bond acceptors (Lipinski definition) is 3. The molecule has 0 atom stereocenters. The van der Waals surface area contributed by atoms with Crippen LogP contribution in [0.2, 0.25) is 0 Å². The first-order valence-electron chi connectivity index (χ1n) is 5.22. The zero-order valence-electron chi connectivity index (χ0n) is 9.76. The summed E-state index contributed by atoms with van der Waals surface area (Å²) in [5, 5.41) is 15.1. The van der Waals surface area contributed by atoms with Gasteiger partial charge in [-0.15, -0.1) is 0 Å². The number of nitrogens with zero attached hydrogens (tertiary/aromatic N) is 3. The Morgan fingerprint density at radius 3 is 2.60 bits per heavy atom. The maximum Gasteiger partial charge on any atom is 0.417 e. The molecule has 2 aromatic rings. The van der Waals surface area contributed by atoms with Gasteiger partial charge in [-0.3, -0.25) is 0 Å². The van der Waals surface area contributed by atoms with Crippen molar-refractivity contribution in [2.75, 3.05) is 0 Å². The minimum Gasteiger partial charge on any atom is -0.409 e. The maximum absolute atomic E-state index is 13.0. The molecule has 0 spiro atoms. The van der Waals surface area contributed by atoms with Gasteiger partial charge < -0.3 is 10.9 Å². The molecular weight excluding hydrogens is 388 g/mol. The molecule has 0 amide bonds. The van der Waals surface area contributed by atoms with Crippen molar-refractivity contribution < 1.29 is 18.4 Å². The molecule has 0 bridgehead atoms. The van der Waals surface area contributed by atoms with Gasteiger partial charge in [0.1, 0.15) is 0 Å². The zero-order chi connectivity index (χ0) is 14.9. The molecule has 1 heterocycles. The highest BCUT2D eigenvalue weighted by Crippen LogP contribution is 2.33. The normalized spacial score (nSPS) is 12.7. The first kappa shape index (κ1) is 14.6. The Kier molecular flexibility index (Phi) is 3.88. The SMILES string of the molecule is NC(=NO)c1ccc(-n2cc(I)cn2)cc1C(F)(F)F. The van der Waals surface area contributed by atoms with Crippen LogP contribution >= 0.6 is 22.6 Å². The molecule has 2 rings (SSSR count). The van der Waals surface area contributed by atoms with E-state index in [1.807, 2.05) is 22.6 Å². The Hall–Kier alpha value is -1.78. The first-order valence-corrected chi connectivity index (χ1v) is 6.30. The van der Waals surface area contributed by atoms with Crippen LogP contribution in [-0.2, 0) is 6.18 Å². The van der Waals surface area contributed by atoms with Crippen LogP contribution in [0.4, 0.5) is 13.2 Å². The molecule has 1 aromatic carbocycles. The van der Waals surface area contributed by atoms with E-state index in [4.69, 9.17) is 10.9 Å². The fraction of sp³-hybridized carbons (Fsp3) is 0.0909. The molecule has 20 heavy (non-hydrogen) atoms. The Labute approximate surface area is 125 Å². The van der Waals surface area contributed by atoms with Crippen LogP contribution in [0.25, 0.3) is 5.69 Å². The third kappa shape index (κ3) is 2.86. The molecule has 0 aliphatic rings. The van der Waals surface area contributed by atoms with Crippen LogP contribution in [0.3, 0.4) is 0 Å². The van der Waals surface area contributed by atoms with Gasteiger partial charge in [-0.25, -0.2) is 4.68 Å². The van der Waals surface area contributed by atoms with Crippen molar-refractivity contribution in [3.05, 3.63) is 45.3 Å². The summed E-state index contributed by atoms with van der Waals surface area (Å²) in [6.07, 6.45) is -1.52. The molecule has 0 aliphatic carbocycles. The van der Waals surface area contributed by atoms with Gasteiger partial charge in [0.05, 0.1) is 21.0 Å². The van der Waals surface area contributed by atoms with Gasteiger partial charge in [0.15, 0.2) is 5.84 Å². The van der Waals surface area contributed by atoms with Crippen molar-refractivity contribution in [1.82, 2.24) is 9.78 Å². The van der Waals surface area contributed by atoms with Gasteiger partial charge in [0.25, 0.3) is 0 Å². The van der Waals surface area contributed by atoms with E-state index in [2.05, 4.69) is 10.3 Å². The summed E-state index contributed by atoms with van der Waals surface area (Å²) in [5.74, 6) is -0.598. The average molecular weight is 396 g/mol. The average Bonchev–Trinajstić information content (AvgIpc) is 2.83. The van der Waals surface area contributed by atoms with Crippen LogP contribution in [0, 0.1) is 3.57 Å². The lowest BCUT2D eigenvalue weighted by atomic mass is 10.1. The minimum atomic E-state index is -4.62. The summed E-state index contributed by atoms with van der Waals surface area (Å²) in [4.78, 5) is 0. The van der Waals surface area contributed by atoms with E-state index < -0.39 is 17.6 Å². The summed E-state index contributed by atoms with van der Waals surface area (Å²) >= 11 is 2.00. The van der Waals surface area contributed by atoms with E-state index in [9.17, 15) is 13.2 Å². The molecular formula is C11H8F3IN4O. The van der Waals surface area contributed by atoms with Crippen LogP contribution in [-0.4, -0.2) is 20.8 Å². The Balaban J connectivity index is 2.60. The van der Waals surface area contributed by atoms with Gasteiger partial charge >= 0.3 is 6.18 Å². The Bertz CT molecular complexity index is 666. The third-order valence-corrected chi connectivity index (χ3v) is 3.06. The van der Waals surface area contributed by atoms with Crippen molar-refractivity contribution in [3.8, 4) is 5.69 Å². The third-order valence-electron chi connectivity index (χ3n) is 2.51. The molecule has 0 radical (unpaired) electrons. The number of aromatic nitrogens is 2. The largest absolute Gasteiger partial charge is 0.417 e. The van der Waals surface area contributed by atoms with Crippen molar-refractivity contribution >= 4 is 28.4 Å². The smallest absolute Gasteiger partial charge is 0.409 e. The van der Waals surface area contributed by atoms with Crippen molar-refractivity contribution in [3.63, 3.8) is 0 Å².